The molecule has 3 aromatic heterocycles. The molecule has 4 aromatic rings. The zero-order chi connectivity index (χ0) is 27.1. The van der Waals surface area contributed by atoms with E-state index in [1.54, 1.807) is 12.1 Å². The van der Waals surface area contributed by atoms with Gasteiger partial charge in [-0.05, 0) is 96.7 Å². The van der Waals surface area contributed by atoms with Gasteiger partial charge in [-0.1, -0.05) is 0 Å². The molecule has 3 aliphatic rings. The number of pyridine rings is 2. The first-order valence-corrected chi connectivity index (χ1v) is 14.2. The Hall–Kier alpha value is -3.30. The van der Waals surface area contributed by atoms with Crippen LogP contribution in [0.1, 0.15) is 54.2 Å². The Morgan fingerprint density at radius 3 is 2.46 bits per heavy atom. The van der Waals surface area contributed by atoms with E-state index >= 15 is 0 Å². The summed E-state index contributed by atoms with van der Waals surface area (Å²) in [6.07, 6.45) is 2.37. The van der Waals surface area contributed by atoms with Gasteiger partial charge < -0.3 is 15.4 Å². The molecule has 2 N–H and O–H groups in total. The minimum absolute atomic E-state index is 0.00361. The first kappa shape index (κ1) is 24.7. The summed E-state index contributed by atoms with van der Waals surface area (Å²) in [5.41, 5.74) is 10.9. The van der Waals surface area contributed by atoms with Gasteiger partial charge in [-0.3, -0.25) is 4.79 Å². The van der Waals surface area contributed by atoms with Crippen LogP contribution < -0.4 is 10.5 Å². The van der Waals surface area contributed by atoms with Crippen LogP contribution in [0.25, 0.3) is 16.8 Å². The Morgan fingerprint density at radius 1 is 1.08 bits per heavy atom. The predicted molar refractivity (Wildman–Crippen MR) is 149 cm³/mol. The van der Waals surface area contributed by atoms with E-state index in [-0.39, 0.29) is 29.7 Å². The number of hydrogen-bond donors (Lipinski definition) is 1. The number of amides is 1. The summed E-state index contributed by atoms with van der Waals surface area (Å²) in [7, 11) is 0. The summed E-state index contributed by atoms with van der Waals surface area (Å²) in [5, 5.41) is 4.69. The molecule has 1 saturated heterocycles. The summed E-state index contributed by atoms with van der Waals surface area (Å²) in [6.45, 7) is 5.16. The SMILES string of the molecule is CC(C)(N)c1cc(OC2[C@H]3CN(C(=O)c4cc(Br)n5nc(C6CC6)cc5c4)C[C@@H]23)nc(-c2ccc(F)cc2)c1. The average Bonchev–Trinajstić information content (AvgIpc) is 3.75. The van der Waals surface area contributed by atoms with Gasteiger partial charge in [0.15, 0.2) is 0 Å². The van der Waals surface area contributed by atoms with Crippen LogP contribution in [0, 0.1) is 17.7 Å². The summed E-state index contributed by atoms with van der Waals surface area (Å²) in [5.74, 6) is 1.32. The number of fused-ring (bicyclic) bond motifs is 2. The minimum atomic E-state index is -0.594. The molecule has 7 nitrogen and oxygen atoms in total. The molecule has 200 valence electrons. The lowest BCUT2D eigenvalue weighted by molar-refractivity contribution is 0.0751. The maximum Gasteiger partial charge on any atom is 0.254 e. The molecule has 4 heterocycles. The lowest BCUT2D eigenvalue weighted by atomic mass is 9.95. The third kappa shape index (κ3) is 4.61. The normalized spacial score (nSPS) is 22.3. The molecule has 0 bridgehead atoms. The molecule has 1 unspecified atom stereocenters. The fourth-order valence-electron chi connectivity index (χ4n) is 5.62. The van der Waals surface area contributed by atoms with Crippen molar-refractivity contribution in [2.24, 2.45) is 17.6 Å². The number of likely N-dealkylation sites (tertiary alicyclic amines) is 1. The van der Waals surface area contributed by atoms with Crippen LogP contribution in [0.5, 0.6) is 5.88 Å². The highest BCUT2D eigenvalue weighted by atomic mass is 79.9. The van der Waals surface area contributed by atoms with Gasteiger partial charge in [0.1, 0.15) is 16.5 Å². The molecule has 39 heavy (non-hydrogen) atoms. The number of carbonyl (C=O) groups excluding carboxylic acids is 1. The van der Waals surface area contributed by atoms with Crippen LogP contribution >= 0.6 is 15.9 Å². The molecule has 0 spiro atoms. The summed E-state index contributed by atoms with van der Waals surface area (Å²) in [6, 6.07) is 16.0. The third-order valence-corrected chi connectivity index (χ3v) is 8.69. The number of halogens is 2. The van der Waals surface area contributed by atoms with E-state index in [4.69, 9.17) is 15.5 Å². The molecule has 1 amide bonds. The largest absolute Gasteiger partial charge is 0.474 e. The van der Waals surface area contributed by atoms with Crippen LogP contribution in [-0.2, 0) is 5.54 Å². The van der Waals surface area contributed by atoms with Crippen molar-refractivity contribution < 1.29 is 13.9 Å². The molecule has 3 fully saturated rings. The van der Waals surface area contributed by atoms with Gasteiger partial charge in [-0.15, -0.1) is 0 Å². The van der Waals surface area contributed by atoms with Crippen LogP contribution in [0.4, 0.5) is 4.39 Å². The number of carbonyl (C=O) groups is 1. The van der Waals surface area contributed by atoms with Crippen LogP contribution in [0.3, 0.4) is 0 Å². The number of rotatable bonds is 6. The van der Waals surface area contributed by atoms with Gasteiger partial charge in [-0.25, -0.2) is 13.9 Å². The van der Waals surface area contributed by atoms with Gasteiger partial charge in [-0.2, -0.15) is 5.10 Å². The van der Waals surface area contributed by atoms with Crippen LogP contribution in [0.15, 0.2) is 59.2 Å². The van der Waals surface area contributed by atoms with E-state index in [9.17, 15) is 9.18 Å². The number of nitrogens with zero attached hydrogens (tertiary/aromatic N) is 4. The van der Waals surface area contributed by atoms with Gasteiger partial charge in [0, 0.05) is 53.6 Å². The molecular weight excluding hydrogens is 561 g/mol. The fourth-order valence-corrected chi connectivity index (χ4v) is 6.15. The Kier molecular flexibility index (Phi) is 5.61. The van der Waals surface area contributed by atoms with Crippen LogP contribution in [-0.4, -0.2) is 44.6 Å². The number of hydrogen-bond acceptors (Lipinski definition) is 5. The van der Waals surface area contributed by atoms with E-state index in [2.05, 4.69) is 27.1 Å². The minimum Gasteiger partial charge on any atom is -0.474 e. The van der Waals surface area contributed by atoms with Crippen molar-refractivity contribution in [1.29, 1.82) is 0 Å². The number of ether oxygens (including phenoxy) is 1. The quantitative estimate of drug-likeness (QED) is 0.299. The highest BCUT2D eigenvalue weighted by molar-refractivity contribution is 9.10. The lowest BCUT2D eigenvalue weighted by Crippen LogP contribution is -2.33. The number of aromatic nitrogens is 3. The highest BCUT2D eigenvalue weighted by Gasteiger charge is 2.59. The summed E-state index contributed by atoms with van der Waals surface area (Å²) < 4.78 is 22.5. The van der Waals surface area contributed by atoms with Crippen molar-refractivity contribution in [1.82, 2.24) is 19.5 Å². The van der Waals surface area contributed by atoms with Crippen molar-refractivity contribution in [3.63, 3.8) is 0 Å². The first-order valence-electron chi connectivity index (χ1n) is 13.4. The number of benzene rings is 1. The second kappa shape index (κ2) is 8.86. The molecule has 1 aliphatic heterocycles. The lowest BCUT2D eigenvalue weighted by Gasteiger charge is -2.22. The maximum atomic E-state index is 13.5. The average molecular weight is 590 g/mol. The van der Waals surface area contributed by atoms with E-state index < -0.39 is 5.54 Å². The van der Waals surface area contributed by atoms with Gasteiger partial charge in [0.2, 0.25) is 5.88 Å². The van der Waals surface area contributed by atoms with Crippen molar-refractivity contribution in [2.45, 2.75) is 44.2 Å². The Labute approximate surface area is 234 Å². The molecular formula is C30H29BrFN5O2. The maximum absolute atomic E-state index is 13.5. The zero-order valence-electron chi connectivity index (χ0n) is 21.8. The van der Waals surface area contributed by atoms with Crippen molar-refractivity contribution in [3.8, 4) is 17.1 Å². The van der Waals surface area contributed by atoms with E-state index in [0.717, 1.165) is 26.9 Å². The van der Waals surface area contributed by atoms with Crippen molar-refractivity contribution in [3.05, 3.63) is 81.8 Å². The second-order valence-corrected chi connectivity index (χ2v) is 12.5. The van der Waals surface area contributed by atoms with Gasteiger partial charge >= 0.3 is 0 Å². The van der Waals surface area contributed by atoms with E-state index in [1.807, 2.05) is 47.5 Å². The van der Waals surface area contributed by atoms with Crippen LogP contribution in [0.2, 0.25) is 0 Å². The fraction of sp³-hybridized carbons (Fsp3) is 0.367. The first-order chi connectivity index (χ1) is 18.6. The molecule has 0 radical (unpaired) electrons. The van der Waals surface area contributed by atoms with E-state index in [1.165, 1.54) is 25.0 Å². The molecule has 2 saturated carbocycles. The molecule has 1 aromatic carbocycles. The molecule has 7 rings (SSSR count). The predicted octanol–water partition coefficient (Wildman–Crippen LogP) is 5.52. The second-order valence-electron chi connectivity index (χ2n) is 11.7. The van der Waals surface area contributed by atoms with Crippen molar-refractivity contribution >= 4 is 27.4 Å². The Balaban J connectivity index is 1.06. The van der Waals surface area contributed by atoms with Gasteiger partial charge in [0.05, 0.1) is 16.9 Å². The highest BCUT2D eigenvalue weighted by Crippen LogP contribution is 2.48. The summed E-state index contributed by atoms with van der Waals surface area (Å²) in [4.78, 5) is 20.0. The van der Waals surface area contributed by atoms with E-state index in [0.29, 0.717) is 36.1 Å². The Morgan fingerprint density at radius 2 is 1.79 bits per heavy atom. The van der Waals surface area contributed by atoms with Gasteiger partial charge in [0.25, 0.3) is 5.91 Å². The molecule has 2 aliphatic carbocycles. The number of piperidine rings is 1. The number of nitrogens with two attached hydrogens (primary N) is 1. The van der Waals surface area contributed by atoms with Crippen molar-refractivity contribution in [2.75, 3.05) is 13.1 Å². The smallest absolute Gasteiger partial charge is 0.254 e. The topological polar surface area (TPSA) is 85.8 Å². The molecule has 3 atom stereocenters. The summed E-state index contributed by atoms with van der Waals surface area (Å²) >= 11 is 3.60. The standard InChI is InChI=1S/C30H29BrFN5O2/c1-30(2,33)19-11-24(16-5-7-20(32)8-6-16)34-27(12-19)39-28-22-14-36(15-23(22)28)29(38)18-9-21-13-25(17-3-4-17)35-37(21)26(31)10-18/h5-13,17,22-23,28H,3-4,14-15,33H2,1-2H3/t22-,23+,28?. The Bertz CT molecular complexity index is 1600. The molecule has 9 heteroatoms. The monoisotopic (exact) mass is 589 g/mol. The zero-order valence-corrected chi connectivity index (χ0v) is 23.4. The third-order valence-electron chi connectivity index (χ3n) is 8.12.